The number of rotatable bonds is 7. The van der Waals surface area contributed by atoms with E-state index in [0.29, 0.717) is 18.9 Å². The third-order valence-corrected chi connectivity index (χ3v) is 6.69. The van der Waals surface area contributed by atoms with Gasteiger partial charge >= 0.3 is 0 Å². The first-order valence-electron chi connectivity index (χ1n) is 9.44. The zero-order valence-corrected chi connectivity index (χ0v) is 17.8. The molecule has 150 valence electrons. The Kier molecular flexibility index (Phi) is 6.43. The van der Waals surface area contributed by atoms with Crippen LogP contribution in [0.25, 0.3) is 0 Å². The number of thioether (sulfide) groups is 1. The lowest BCUT2D eigenvalue weighted by Crippen LogP contribution is -2.28. The van der Waals surface area contributed by atoms with E-state index in [-0.39, 0.29) is 5.91 Å². The Morgan fingerprint density at radius 3 is 2.41 bits per heavy atom. The standard InChI is InChI=1S/C21H22N4O2S2/c1-27-13-12-22-20-23-24-21(29-20)28-14-19(26)25-17-8-4-2-6-15(17)10-11-16-7-3-5-9-18(16)25/h2-9H,10-14H2,1H3,(H,22,23). The van der Waals surface area contributed by atoms with Gasteiger partial charge in [0.25, 0.3) is 0 Å². The van der Waals surface area contributed by atoms with Gasteiger partial charge in [-0.1, -0.05) is 59.5 Å². The van der Waals surface area contributed by atoms with Crippen molar-refractivity contribution >= 4 is 45.5 Å². The van der Waals surface area contributed by atoms with Crippen LogP contribution in [0.3, 0.4) is 0 Å². The fourth-order valence-corrected chi connectivity index (χ4v) is 4.96. The third-order valence-electron chi connectivity index (χ3n) is 4.69. The predicted molar refractivity (Wildman–Crippen MR) is 118 cm³/mol. The molecule has 0 bridgehead atoms. The lowest BCUT2D eigenvalue weighted by molar-refractivity contribution is -0.115. The van der Waals surface area contributed by atoms with Crippen LogP contribution in [0.2, 0.25) is 0 Å². The minimum atomic E-state index is 0.0425. The normalized spacial score (nSPS) is 12.8. The molecule has 1 N–H and O–H groups in total. The molecule has 3 aromatic rings. The average molecular weight is 427 g/mol. The minimum absolute atomic E-state index is 0.0425. The number of hydrogen-bond donors (Lipinski definition) is 1. The highest BCUT2D eigenvalue weighted by atomic mass is 32.2. The summed E-state index contributed by atoms with van der Waals surface area (Å²) in [6.45, 7) is 1.28. The molecule has 0 spiro atoms. The Labute approximate surface area is 178 Å². The summed E-state index contributed by atoms with van der Waals surface area (Å²) < 4.78 is 5.80. The van der Waals surface area contributed by atoms with E-state index in [9.17, 15) is 4.79 Å². The van der Waals surface area contributed by atoms with E-state index < -0.39 is 0 Å². The van der Waals surface area contributed by atoms with Crippen LogP contribution in [0.5, 0.6) is 0 Å². The smallest absolute Gasteiger partial charge is 0.242 e. The van der Waals surface area contributed by atoms with Crippen molar-refractivity contribution in [2.24, 2.45) is 0 Å². The van der Waals surface area contributed by atoms with Gasteiger partial charge in [-0.15, -0.1) is 10.2 Å². The highest BCUT2D eigenvalue weighted by Crippen LogP contribution is 2.37. The van der Waals surface area contributed by atoms with Crippen LogP contribution in [0, 0.1) is 0 Å². The number of nitrogens with zero attached hydrogens (tertiary/aromatic N) is 3. The van der Waals surface area contributed by atoms with Crippen LogP contribution >= 0.6 is 23.1 Å². The molecule has 6 nitrogen and oxygen atoms in total. The number of amides is 1. The molecule has 0 atom stereocenters. The number of fused-ring (bicyclic) bond motifs is 2. The van der Waals surface area contributed by atoms with Crippen molar-refractivity contribution in [3.8, 4) is 0 Å². The van der Waals surface area contributed by atoms with Crippen LogP contribution in [-0.4, -0.2) is 42.1 Å². The molecular weight excluding hydrogens is 404 g/mol. The van der Waals surface area contributed by atoms with Crippen molar-refractivity contribution in [2.75, 3.05) is 36.2 Å². The molecule has 0 unspecified atom stereocenters. The summed E-state index contributed by atoms with van der Waals surface area (Å²) >= 11 is 2.87. The fraction of sp³-hybridized carbons (Fsp3) is 0.286. The monoisotopic (exact) mass is 426 g/mol. The second kappa shape index (κ2) is 9.39. The first-order valence-corrected chi connectivity index (χ1v) is 11.2. The largest absolute Gasteiger partial charge is 0.383 e. The maximum Gasteiger partial charge on any atom is 0.242 e. The van der Waals surface area contributed by atoms with Crippen LogP contribution in [-0.2, 0) is 22.4 Å². The lowest BCUT2D eigenvalue weighted by atomic mass is 10.0. The molecule has 4 rings (SSSR count). The highest BCUT2D eigenvalue weighted by molar-refractivity contribution is 8.01. The summed E-state index contributed by atoms with van der Waals surface area (Å²) in [5, 5.41) is 12.2. The molecule has 0 radical (unpaired) electrons. The number of anilines is 3. The van der Waals surface area contributed by atoms with Gasteiger partial charge < -0.3 is 10.1 Å². The van der Waals surface area contributed by atoms with Crippen LogP contribution < -0.4 is 10.2 Å². The van der Waals surface area contributed by atoms with Crippen LogP contribution in [0.15, 0.2) is 52.9 Å². The minimum Gasteiger partial charge on any atom is -0.383 e. The summed E-state index contributed by atoms with van der Waals surface area (Å²) in [6.07, 6.45) is 1.86. The zero-order valence-electron chi connectivity index (χ0n) is 16.1. The molecule has 1 aliphatic heterocycles. The topological polar surface area (TPSA) is 67.3 Å². The molecular formula is C21H22N4O2S2. The second-order valence-corrected chi connectivity index (χ2v) is 8.77. The molecule has 1 aliphatic rings. The first kappa shape index (κ1) is 19.9. The maximum absolute atomic E-state index is 13.3. The number of methoxy groups -OCH3 is 1. The van der Waals surface area contributed by atoms with Gasteiger partial charge in [0.2, 0.25) is 11.0 Å². The van der Waals surface area contributed by atoms with E-state index in [1.165, 1.54) is 34.2 Å². The number of ether oxygens (including phenoxy) is 1. The van der Waals surface area contributed by atoms with Gasteiger partial charge in [0.15, 0.2) is 4.34 Å². The Balaban J connectivity index is 1.51. The maximum atomic E-state index is 13.3. The molecule has 1 amide bonds. The predicted octanol–water partition coefficient (Wildman–Crippen LogP) is 4.15. The van der Waals surface area contributed by atoms with Crippen molar-refractivity contribution in [3.05, 3.63) is 59.7 Å². The van der Waals surface area contributed by atoms with E-state index in [0.717, 1.165) is 33.7 Å². The number of nitrogens with one attached hydrogen (secondary N) is 1. The Hall–Kier alpha value is -2.42. The van der Waals surface area contributed by atoms with E-state index in [4.69, 9.17) is 4.74 Å². The zero-order chi connectivity index (χ0) is 20.1. The van der Waals surface area contributed by atoms with Gasteiger partial charge in [-0.05, 0) is 36.1 Å². The van der Waals surface area contributed by atoms with Gasteiger partial charge in [-0.3, -0.25) is 9.69 Å². The summed E-state index contributed by atoms with van der Waals surface area (Å²) in [4.78, 5) is 15.2. The Morgan fingerprint density at radius 2 is 1.76 bits per heavy atom. The molecule has 0 saturated heterocycles. The summed E-state index contributed by atoms with van der Waals surface area (Å²) in [7, 11) is 1.66. The molecule has 1 aromatic heterocycles. The number of aryl methyl sites for hydroxylation is 2. The summed E-state index contributed by atoms with van der Waals surface area (Å²) in [5.74, 6) is 0.343. The molecule has 2 heterocycles. The Bertz CT molecular complexity index is 945. The van der Waals surface area contributed by atoms with E-state index in [1.807, 2.05) is 41.3 Å². The molecule has 0 aliphatic carbocycles. The second-order valence-electron chi connectivity index (χ2n) is 6.57. The Morgan fingerprint density at radius 1 is 1.10 bits per heavy atom. The van der Waals surface area contributed by atoms with Gasteiger partial charge in [-0.2, -0.15) is 0 Å². The molecule has 29 heavy (non-hydrogen) atoms. The molecule has 0 fully saturated rings. The number of aromatic nitrogens is 2. The van der Waals surface area contributed by atoms with Gasteiger partial charge in [-0.25, -0.2) is 0 Å². The summed E-state index contributed by atoms with van der Waals surface area (Å²) in [6, 6.07) is 16.3. The van der Waals surface area contributed by atoms with Crippen molar-refractivity contribution in [1.29, 1.82) is 0 Å². The number of benzene rings is 2. The van der Waals surface area contributed by atoms with E-state index in [1.54, 1.807) is 7.11 Å². The first-order chi connectivity index (χ1) is 14.3. The fourth-order valence-electron chi connectivity index (χ4n) is 3.34. The molecule has 0 saturated carbocycles. The van der Waals surface area contributed by atoms with Crippen molar-refractivity contribution in [2.45, 2.75) is 17.2 Å². The van der Waals surface area contributed by atoms with Gasteiger partial charge in [0, 0.05) is 13.7 Å². The third kappa shape index (κ3) is 4.60. The van der Waals surface area contributed by atoms with E-state index >= 15 is 0 Å². The SMILES string of the molecule is COCCNc1nnc(SCC(=O)N2c3ccccc3CCc3ccccc32)s1. The lowest BCUT2D eigenvalue weighted by Gasteiger charge is -2.24. The highest BCUT2D eigenvalue weighted by Gasteiger charge is 2.25. The molecule has 8 heteroatoms. The summed E-state index contributed by atoms with van der Waals surface area (Å²) in [5.41, 5.74) is 4.34. The number of hydrogen-bond acceptors (Lipinski definition) is 7. The van der Waals surface area contributed by atoms with Crippen molar-refractivity contribution < 1.29 is 9.53 Å². The average Bonchev–Trinajstić information content (AvgIpc) is 3.13. The van der Waals surface area contributed by atoms with Crippen LogP contribution in [0.4, 0.5) is 16.5 Å². The van der Waals surface area contributed by atoms with Gasteiger partial charge in [0.1, 0.15) is 0 Å². The number of carbonyl (C=O) groups is 1. The van der Waals surface area contributed by atoms with Crippen molar-refractivity contribution in [3.63, 3.8) is 0 Å². The molecule has 2 aromatic carbocycles. The number of carbonyl (C=O) groups excluding carboxylic acids is 1. The van der Waals surface area contributed by atoms with Crippen LogP contribution in [0.1, 0.15) is 11.1 Å². The van der Waals surface area contributed by atoms with Gasteiger partial charge in [0.05, 0.1) is 23.7 Å². The van der Waals surface area contributed by atoms with E-state index in [2.05, 4.69) is 27.6 Å². The quantitative estimate of drug-likeness (QED) is 0.452. The van der Waals surface area contributed by atoms with Crippen molar-refractivity contribution in [1.82, 2.24) is 10.2 Å². The number of para-hydroxylation sites is 2.